The Labute approximate surface area is 148 Å². The van der Waals surface area contributed by atoms with Crippen molar-refractivity contribution in [2.45, 2.75) is 45.3 Å². The lowest BCUT2D eigenvalue weighted by Gasteiger charge is -2.18. The highest BCUT2D eigenvalue weighted by molar-refractivity contribution is 5.81. The van der Waals surface area contributed by atoms with Crippen LogP contribution >= 0.6 is 0 Å². The number of carbonyl (C=O) groups excluding carboxylic acids is 1. The molecule has 3 atom stereocenters. The second-order valence-corrected chi connectivity index (χ2v) is 6.58. The van der Waals surface area contributed by atoms with Crippen LogP contribution in [0.4, 0.5) is 0 Å². The smallest absolute Gasteiger partial charge is 0.308 e. The number of rotatable bonds is 9. The van der Waals surface area contributed by atoms with Gasteiger partial charge in [0.15, 0.2) is 0 Å². The van der Waals surface area contributed by atoms with E-state index in [1.54, 1.807) is 6.92 Å². The van der Waals surface area contributed by atoms with Crippen molar-refractivity contribution in [2.24, 2.45) is 5.92 Å². The third-order valence-electron chi connectivity index (χ3n) is 4.36. The van der Waals surface area contributed by atoms with Crippen molar-refractivity contribution in [1.29, 1.82) is 0 Å². The minimum Gasteiger partial charge on any atom is -0.481 e. The largest absolute Gasteiger partial charge is 0.481 e. The van der Waals surface area contributed by atoms with Crippen LogP contribution in [0.15, 0.2) is 24.3 Å². The highest BCUT2D eigenvalue weighted by Crippen LogP contribution is 2.13. The predicted octanol–water partition coefficient (Wildman–Crippen LogP) is 1.94. The molecule has 0 saturated carbocycles. The summed E-state index contributed by atoms with van der Waals surface area (Å²) in [4.78, 5) is 23.6. The summed E-state index contributed by atoms with van der Waals surface area (Å²) >= 11 is 0. The van der Waals surface area contributed by atoms with E-state index in [0.717, 1.165) is 30.6 Å². The van der Waals surface area contributed by atoms with Gasteiger partial charge in [-0.05, 0) is 38.7 Å². The van der Waals surface area contributed by atoms with Crippen LogP contribution in [0.25, 0.3) is 0 Å². The number of carbonyl (C=O) groups is 2. The zero-order valence-corrected chi connectivity index (χ0v) is 14.9. The number of aryl methyl sites for hydroxylation is 1. The minimum absolute atomic E-state index is 0.0586. The van der Waals surface area contributed by atoms with Crippen molar-refractivity contribution >= 4 is 11.9 Å². The number of ether oxygens (including phenoxy) is 2. The van der Waals surface area contributed by atoms with Gasteiger partial charge in [0.2, 0.25) is 5.91 Å². The number of carboxylic acid groups (broad SMARTS) is 1. The predicted molar refractivity (Wildman–Crippen MR) is 93.4 cm³/mol. The zero-order chi connectivity index (χ0) is 18.2. The summed E-state index contributed by atoms with van der Waals surface area (Å²) in [6, 6.07) is 7.74. The van der Waals surface area contributed by atoms with Crippen molar-refractivity contribution in [1.82, 2.24) is 5.32 Å². The Hall–Kier alpha value is -1.92. The molecule has 1 amide bonds. The highest BCUT2D eigenvalue weighted by Gasteiger charge is 2.23. The van der Waals surface area contributed by atoms with Crippen molar-refractivity contribution in [3.8, 4) is 0 Å². The Bertz CT molecular complexity index is 583. The first kappa shape index (κ1) is 19.4. The number of aliphatic carboxylic acids is 1. The molecule has 2 rings (SSSR count). The molecule has 1 heterocycles. The van der Waals surface area contributed by atoms with E-state index in [1.165, 1.54) is 0 Å². The van der Waals surface area contributed by atoms with Gasteiger partial charge in [0.1, 0.15) is 6.10 Å². The molecule has 1 aliphatic rings. The second-order valence-electron chi connectivity index (χ2n) is 6.58. The molecule has 1 fully saturated rings. The van der Waals surface area contributed by atoms with Crippen molar-refractivity contribution in [3.05, 3.63) is 35.4 Å². The summed E-state index contributed by atoms with van der Waals surface area (Å²) in [6.07, 6.45) is 1.78. The van der Waals surface area contributed by atoms with Crippen LogP contribution in [-0.2, 0) is 25.5 Å². The first-order valence-corrected chi connectivity index (χ1v) is 8.75. The second kappa shape index (κ2) is 9.53. The van der Waals surface area contributed by atoms with Crippen LogP contribution in [0.5, 0.6) is 0 Å². The molecule has 1 aromatic rings. The number of nitrogens with one attached hydrogen (secondary N) is 1. The summed E-state index contributed by atoms with van der Waals surface area (Å²) in [5.41, 5.74) is 2.03. The first-order chi connectivity index (χ1) is 12.0. The maximum atomic E-state index is 12.1. The van der Waals surface area contributed by atoms with E-state index >= 15 is 0 Å². The summed E-state index contributed by atoms with van der Waals surface area (Å²) < 4.78 is 11.0. The number of hydrogen-bond donors (Lipinski definition) is 2. The molecular weight excluding hydrogens is 322 g/mol. The molecule has 2 N–H and O–H groups in total. The Morgan fingerprint density at radius 3 is 2.88 bits per heavy atom. The molecule has 0 bridgehead atoms. The lowest BCUT2D eigenvalue weighted by molar-refractivity contribution is -0.142. The monoisotopic (exact) mass is 349 g/mol. The molecule has 0 radical (unpaired) electrons. The van der Waals surface area contributed by atoms with Crippen LogP contribution in [0.1, 0.15) is 30.9 Å². The third-order valence-corrected chi connectivity index (χ3v) is 4.36. The fourth-order valence-electron chi connectivity index (χ4n) is 2.84. The Morgan fingerprint density at radius 2 is 2.24 bits per heavy atom. The lowest BCUT2D eigenvalue weighted by atomic mass is 9.98. The van der Waals surface area contributed by atoms with Crippen LogP contribution < -0.4 is 5.32 Å². The van der Waals surface area contributed by atoms with Gasteiger partial charge in [-0.25, -0.2) is 0 Å². The minimum atomic E-state index is -0.922. The van der Waals surface area contributed by atoms with Crippen LogP contribution in [0, 0.1) is 12.8 Å². The fraction of sp³-hybridized carbons (Fsp3) is 0.579. The standard InChI is InChI=1S/C19H27NO5/c1-13-5-3-6-15(9-13)10-16(19(22)23)11-20-18(21)14(2)25-12-17-7-4-8-24-17/h3,5-6,9,14,16-17H,4,7-8,10-12H2,1-2H3,(H,20,21)(H,22,23). The molecule has 1 aromatic carbocycles. The number of carboxylic acids is 1. The summed E-state index contributed by atoms with van der Waals surface area (Å²) in [7, 11) is 0. The van der Waals surface area contributed by atoms with Gasteiger partial charge in [0.25, 0.3) is 0 Å². The normalized spacial score (nSPS) is 19.4. The average Bonchev–Trinajstić information content (AvgIpc) is 3.09. The quantitative estimate of drug-likeness (QED) is 0.712. The van der Waals surface area contributed by atoms with E-state index < -0.39 is 18.0 Å². The molecule has 1 aliphatic heterocycles. The lowest BCUT2D eigenvalue weighted by Crippen LogP contribution is -2.40. The van der Waals surface area contributed by atoms with Gasteiger partial charge >= 0.3 is 5.97 Å². The van der Waals surface area contributed by atoms with Gasteiger partial charge in [-0.1, -0.05) is 29.8 Å². The highest BCUT2D eigenvalue weighted by atomic mass is 16.5. The molecule has 25 heavy (non-hydrogen) atoms. The fourth-order valence-corrected chi connectivity index (χ4v) is 2.84. The van der Waals surface area contributed by atoms with Crippen LogP contribution in [0.2, 0.25) is 0 Å². The molecule has 0 spiro atoms. The first-order valence-electron chi connectivity index (χ1n) is 8.75. The average molecular weight is 349 g/mol. The van der Waals surface area contributed by atoms with E-state index in [-0.39, 0.29) is 18.6 Å². The Balaban J connectivity index is 1.78. The third kappa shape index (κ3) is 6.48. The number of amides is 1. The molecule has 138 valence electrons. The zero-order valence-electron chi connectivity index (χ0n) is 14.9. The van der Waals surface area contributed by atoms with Crippen LogP contribution in [0.3, 0.4) is 0 Å². The molecule has 6 heteroatoms. The van der Waals surface area contributed by atoms with Gasteiger partial charge in [-0.15, -0.1) is 0 Å². The van der Waals surface area contributed by atoms with E-state index in [9.17, 15) is 14.7 Å². The summed E-state index contributed by atoms with van der Waals surface area (Å²) in [5.74, 6) is -1.89. The van der Waals surface area contributed by atoms with E-state index in [0.29, 0.717) is 13.0 Å². The van der Waals surface area contributed by atoms with Gasteiger partial charge in [-0.2, -0.15) is 0 Å². The molecule has 6 nitrogen and oxygen atoms in total. The molecular formula is C19H27NO5. The van der Waals surface area contributed by atoms with Gasteiger partial charge in [0, 0.05) is 13.2 Å². The maximum Gasteiger partial charge on any atom is 0.308 e. The molecule has 1 saturated heterocycles. The Kier molecular flexibility index (Phi) is 7.40. The number of benzene rings is 1. The van der Waals surface area contributed by atoms with Crippen molar-refractivity contribution < 1.29 is 24.2 Å². The Morgan fingerprint density at radius 1 is 1.44 bits per heavy atom. The van der Waals surface area contributed by atoms with Gasteiger partial charge < -0.3 is 19.9 Å². The maximum absolute atomic E-state index is 12.1. The topological polar surface area (TPSA) is 84.9 Å². The van der Waals surface area contributed by atoms with Crippen LogP contribution in [-0.4, -0.2) is 48.9 Å². The SMILES string of the molecule is Cc1cccc(CC(CNC(=O)C(C)OCC2CCCO2)C(=O)O)c1. The summed E-state index contributed by atoms with van der Waals surface area (Å²) in [5, 5.41) is 12.1. The van der Waals surface area contributed by atoms with E-state index in [1.807, 2.05) is 31.2 Å². The van der Waals surface area contributed by atoms with Gasteiger partial charge in [0.05, 0.1) is 18.6 Å². The molecule has 0 aliphatic carbocycles. The summed E-state index contributed by atoms with van der Waals surface area (Å²) in [6.45, 7) is 4.85. The number of hydrogen-bond acceptors (Lipinski definition) is 4. The van der Waals surface area contributed by atoms with Crippen molar-refractivity contribution in [3.63, 3.8) is 0 Å². The molecule has 0 aromatic heterocycles. The van der Waals surface area contributed by atoms with E-state index in [2.05, 4.69) is 5.32 Å². The van der Waals surface area contributed by atoms with E-state index in [4.69, 9.17) is 9.47 Å². The molecule has 3 unspecified atom stereocenters. The van der Waals surface area contributed by atoms with Crippen molar-refractivity contribution in [2.75, 3.05) is 19.8 Å². The van der Waals surface area contributed by atoms with Gasteiger partial charge in [-0.3, -0.25) is 9.59 Å².